The number of benzene rings is 2. The molecule has 0 aliphatic rings. The quantitative estimate of drug-likeness (QED) is 0.792. The predicted molar refractivity (Wildman–Crippen MR) is 96.2 cm³/mol. The first-order chi connectivity index (χ1) is 11.5. The second kappa shape index (κ2) is 6.89. The third kappa shape index (κ3) is 3.66. The molecule has 0 fully saturated rings. The maximum absolute atomic E-state index is 12.2. The minimum Gasteiger partial charge on any atom is -0.350 e. The molecule has 0 saturated heterocycles. The lowest BCUT2D eigenvalue weighted by atomic mass is 10.1. The molecule has 0 bridgehead atoms. The number of nitrogens with one attached hydrogen (secondary N) is 1. The molecule has 0 saturated carbocycles. The highest BCUT2D eigenvalue weighted by atomic mass is 35.5. The molecule has 3 rings (SSSR count). The molecule has 5 heteroatoms. The Morgan fingerprint density at radius 1 is 1.12 bits per heavy atom. The Morgan fingerprint density at radius 2 is 1.88 bits per heavy atom. The van der Waals surface area contributed by atoms with Crippen LogP contribution in [-0.4, -0.2) is 10.5 Å². The SMILES string of the molecule is Cc1ccc2c(c1)c(=O)ccn2CC(=O)NCc1ccc(Cl)cc1. The fourth-order valence-electron chi connectivity index (χ4n) is 2.58. The molecule has 1 heterocycles. The van der Waals surface area contributed by atoms with Gasteiger partial charge in [0.05, 0.1) is 5.52 Å². The number of rotatable bonds is 4. The van der Waals surface area contributed by atoms with E-state index in [1.165, 1.54) is 6.07 Å². The number of pyridine rings is 1. The van der Waals surface area contributed by atoms with Gasteiger partial charge in [0, 0.05) is 29.2 Å². The van der Waals surface area contributed by atoms with Gasteiger partial charge in [-0.1, -0.05) is 35.4 Å². The maximum Gasteiger partial charge on any atom is 0.240 e. The molecule has 0 atom stereocenters. The molecule has 0 aliphatic heterocycles. The van der Waals surface area contributed by atoms with Crippen molar-refractivity contribution in [2.75, 3.05) is 0 Å². The van der Waals surface area contributed by atoms with Crippen molar-refractivity contribution in [3.8, 4) is 0 Å². The molecule has 0 spiro atoms. The van der Waals surface area contributed by atoms with E-state index >= 15 is 0 Å². The van der Waals surface area contributed by atoms with E-state index in [1.807, 2.05) is 37.3 Å². The Morgan fingerprint density at radius 3 is 2.62 bits per heavy atom. The number of halogens is 1. The number of amides is 1. The average molecular weight is 341 g/mol. The van der Waals surface area contributed by atoms with Crippen LogP contribution in [0.2, 0.25) is 5.02 Å². The van der Waals surface area contributed by atoms with Crippen LogP contribution in [0.25, 0.3) is 10.9 Å². The Labute approximate surface area is 144 Å². The minimum atomic E-state index is -0.115. The summed E-state index contributed by atoms with van der Waals surface area (Å²) in [5.74, 6) is -0.115. The number of nitrogens with zero attached hydrogens (tertiary/aromatic N) is 1. The van der Waals surface area contributed by atoms with E-state index in [9.17, 15) is 9.59 Å². The second-order valence-electron chi connectivity index (χ2n) is 5.73. The van der Waals surface area contributed by atoms with Crippen molar-refractivity contribution >= 4 is 28.4 Å². The molecular weight excluding hydrogens is 324 g/mol. The second-order valence-corrected chi connectivity index (χ2v) is 6.17. The summed E-state index contributed by atoms with van der Waals surface area (Å²) in [7, 11) is 0. The van der Waals surface area contributed by atoms with Crippen molar-refractivity contribution in [3.05, 3.63) is 81.1 Å². The smallest absolute Gasteiger partial charge is 0.240 e. The number of carbonyl (C=O) groups excluding carboxylic acids is 1. The van der Waals surface area contributed by atoms with Crippen molar-refractivity contribution < 1.29 is 4.79 Å². The van der Waals surface area contributed by atoms with Gasteiger partial charge in [-0.2, -0.15) is 0 Å². The Balaban J connectivity index is 1.75. The third-order valence-corrected chi connectivity index (χ3v) is 4.10. The fourth-order valence-corrected chi connectivity index (χ4v) is 2.70. The number of carbonyl (C=O) groups is 1. The van der Waals surface area contributed by atoms with Gasteiger partial charge in [0.1, 0.15) is 6.54 Å². The molecule has 2 aromatic carbocycles. The highest BCUT2D eigenvalue weighted by Gasteiger charge is 2.07. The third-order valence-electron chi connectivity index (χ3n) is 3.85. The van der Waals surface area contributed by atoms with Gasteiger partial charge in [-0.25, -0.2) is 0 Å². The van der Waals surface area contributed by atoms with E-state index in [0.29, 0.717) is 17.0 Å². The molecule has 24 heavy (non-hydrogen) atoms. The first-order valence-corrected chi connectivity index (χ1v) is 8.02. The van der Waals surface area contributed by atoms with Crippen LogP contribution < -0.4 is 10.7 Å². The lowest BCUT2D eigenvalue weighted by molar-refractivity contribution is -0.121. The van der Waals surface area contributed by atoms with Crippen LogP contribution in [-0.2, 0) is 17.9 Å². The molecule has 0 unspecified atom stereocenters. The molecule has 1 amide bonds. The Bertz CT molecular complexity index is 946. The minimum absolute atomic E-state index is 0.0356. The lowest BCUT2D eigenvalue weighted by Crippen LogP contribution is -2.27. The summed E-state index contributed by atoms with van der Waals surface area (Å²) >= 11 is 5.84. The van der Waals surface area contributed by atoms with Gasteiger partial charge in [-0.15, -0.1) is 0 Å². The Kier molecular flexibility index (Phi) is 4.67. The van der Waals surface area contributed by atoms with Gasteiger partial charge < -0.3 is 9.88 Å². The van der Waals surface area contributed by atoms with Crippen molar-refractivity contribution in [2.45, 2.75) is 20.0 Å². The maximum atomic E-state index is 12.2. The van der Waals surface area contributed by atoms with Crippen LogP contribution in [0.15, 0.2) is 59.5 Å². The van der Waals surface area contributed by atoms with E-state index in [4.69, 9.17) is 11.6 Å². The summed E-state index contributed by atoms with van der Waals surface area (Å²) < 4.78 is 1.79. The number of aryl methyl sites for hydroxylation is 1. The largest absolute Gasteiger partial charge is 0.350 e. The zero-order valence-corrected chi connectivity index (χ0v) is 14.0. The molecule has 4 nitrogen and oxygen atoms in total. The average Bonchev–Trinajstić information content (AvgIpc) is 2.57. The predicted octanol–water partition coefficient (Wildman–Crippen LogP) is 3.28. The standard InChI is InChI=1S/C19H17ClN2O2/c1-13-2-7-17-16(10-13)18(23)8-9-22(17)12-19(24)21-11-14-3-5-15(20)6-4-14/h2-10H,11-12H2,1H3,(H,21,24). The van der Waals surface area contributed by atoms with Gasteiger partial charge in [0.15, 0.2) is 5.43 Å². The van der Waals surface area contributed by atoms with Gasteiger partial charge >= 0.3 is 0 Å². The summed E-state index contributed by atoms with van der Waals surface area (Å²) in [6, 6.07) is 14.5. The first kappa shape index (κ1) is 16.3. The monoisotopic (exact) mass is 340 g/mol. The molecular formula is C19H17ClN2O2. The van der Waals surface area contributed by atoms with Gasteiger partial charge in [0.25, 0.3) is 0 Å². The van der Waals surface area contributed by atoms with Crippen LogP contribution in [0.3, 0.4) is 0 Å². The summed E-state index contributed by atoms with van der Waals surface area (Å²) in [4.78, 5) is 24.2. The fraction of sp³-hybridized carbons (Fsp3) is 0.158. The van der Waals surface area contributed by atoms with Gasteiger partial charge in [0.2, 0.25) is 5.91 Å². The normalized spacial score (nSPS) is 10.8. The van der Waals surface area contributed by atoms with E-state index in [1.54, 1.807) is 22.9 Å². The summed E-state index contributed by atoms with van der Waals surface area (Å²) in [6.45, 7) is 2.54. The van der Waals surface area contributed by atoms with Crippen molar-refractivity contribution in [3.63, 3.8) is 0 Å². The molecule has 0 aliphatic carbocycles. The van der Waals surface area contributed by atoms with E-state index < -0.39 is 0 Å². The van der Waals surface area contributed by atoms with E-state index in [2.05, 4.69) is 5.32 Å². The summed E-state index contributed by atoms with van der Waals surface area (Å²) in [5.41, 5.74) is 2.72. The van der Waals surface area contributed by atoms with E-state index in [0.717, 1.165) is 16.6 Å². The number of hydrogen-bond donors (Lipinski definition) is 1. The number of hydrogen-bond acceptors (Lipinski definition) is 2. The molecule has 1 aromatic heterocycles. The van der Waals surface area contributed by atoms with Crippen LogP contribution in [0, 0.1) is 6.92 Å². The first-order valence-electron chi connectivity index (χ1n) is 7.64. The Hall–Kier alpha value is -2.59. The lowest BCUT2D eigenvalue weighted by Gasteiger charge is -2.11. The molecule has 3 aromatic rings. The molecule has 122 valence electrons. The summed E-state index contributed by atoms with van der Waals surface area (Å²) in [5, 5.41) is 4.17. The van der Waals surface area contributed by atoms with Crippen molar-refractivity contribution in [2.24, 2.45) is 0 Å². The van der Waals surface area contributed by atoms with E-state index in [-0.39, 0.29) is 17.9 Å². The highest BCUT2D eigenvalue weighted by Crippen LogP contribution is 2.12. The topological polar surface area (TPSA) is 51.1 Å². The van der Waals surface area contributed by atoms with Gasteiger partial charge in [-0.05, 0) is 36.8 Å². The number of aromatic nitrogens is 1. The zero-order chi connectivity index (χ0) is 17.1. The van der Waals surface area contributed by atoms with Crippen LogP contribution in [0.4, 0.5) is 0 Å². The summed E-state index contributed by atoms with van der Waals surface area (Å²) in [6.07, 6.45) is 1.65. The highest BCUT2D eigenvalue weighted by molar-refractivity contribution is 6.30. The molecule has 1 N–H and O–H groups in total. The molecule has 0 radical (unpaired) electrons. The zero-order valence-electron chi connectivity index (χ0n) is 13.3. The van der Waals surface area contributed by atoms with Crippen LogP contribution in [0.5, 0.6) is 0 Å². The number of fused-ring (bicyclic) bond motifs is 1. The van der Waals surface area contributed by atoms with Crippen LogP contribution >= 0.6 is 11.6 Å². The van der Waals surface area contributed by atoms with Gasteiger partial charge in [-0.3, -0.25) is 9.59 Å². The van der Waals surface area contributed by atoms with Crippen LogP contribution in [0.1, 0.15) is 11.1 Å². The van der Waals surface area contributed by atoms with Crippen molar-refractivity contribution in [1.82, 2.24) is 9.88 Å². The van der Waals surface area contributed by atoms with Crippen molar-refractivity contribution in [1.29, 1.82) is 0 Å².